The third-order valence-electron chi connectivity index (χ3n) is 2.97. The van der Waals surface area contributed by atoms with Gasteiger partial charge in [0.1, 0.15) is 5.25 Å². The number of para-hydroxylation sites is 1. The number of rotatable bonds is 3. The molecule has 0 aliphatic carbocycles. The number of benzene rings is 1. The molecule has 1 heterocycles. The summed E-state index contributed by atoms with van der Waals surface area (Å²) in [5.41, 5.74) is 0.572. The summed E-state index contributed by atoms with van der Waals surface area (Å²) in [4.78, 5) is 37.1. The Morgan fingerprint density at radius 2 is 1.85 bits per heavy atom. The summed E-state index contributed by atoms with van der Waals surface area (Å²) in [6, 6.07) is 6.00. The number of carbonyl (C=O) groups excluding carboxylic acids is 3. The van der Waals surface area contributed by atoms with E-state index in [4.69, 9.17) is 9.47 Å². The highest BCUT2D eigenvalue weighted by Crippen LogP contribution is 2.41. The number of hydrogen-bond acceptors (Lipinski definition) is 6. The Morgan fingerprint density at radius 3 is 2.45 bits per heavy atom. The van der Waals surface area contributed by atoms with Gasteiger partial charge in [0.05, 0.1) is 19.9 Å². The van der Waals surface area contributed by atoms with Crippen molar-refractivity contribution in [2.45, 2.75) is 16.2 Å². The standard InChI is InChI=1S/C13H13NO5S/c1-18-12(16)10-11(13(17)19-2)20-9-6-4-3-5-8(9)14(10)7-15/h3-7,10-11H,1-2H3/t10-,11+/m1/s1. The molecule has 7 heteroatoms. The maximum Gasteiger partial charge on any atom is 0.330 e. The monoisotopic (exact) mass is 295 g/mol. The molecule has 2 atom stereocenters. The van der Waals surface area contributed by atoms with Gasteiger partial charge in [-0.3, -0.25) is 14.5 Å². The molecule has 0 spiro atoms. The molecule has 1 aliphatic rings. The number of nitrogens with zero attached hydrogens (tertiary/aromatic N) is 1. The van der Waals surface area contributed by atoms with Crippen molar-refractivity contribution in [3.8, 4) is 0 Å². The normalized spacial score (nSPS) is 20.8. The molecule has 1 aromatic carbocycles. The molecule has 0 unspecified atom stereocenters. The van der Waals surface area contributed by atoms with E-state index < -0.39 is 23.2 Å². The van der Waals surface area contributed by atoms with Crippen molar-refractivity contribution in [2.24, 2.45) is 0 Å². The van der Waals surface area contributed by atoms with Crippen molar-refractivity contribution >= 4 is 35.8 Å². The van der Waals surface area contributed by atoms with Crippen LogP contribution in [0.5, 0.6) is 0 Å². The van der Waals surface area contributed by atoms with Crippen molar-refractivity contribution in [3.05, 3.63) is 24.3 Å². The quantitative estimate of drug-likeness (QED) is 0.608. The Labute approximate surface area is 120 Å². The molecular weight excluding hydrogens is 282 g/mol. The van der Waals surface area contributed by atoms with Crippen LogP contribution in [0.4, 0.5) is 5.69 Å². The largest absolute Gasteiger partial charge is 0.468 e. The molecule has 0 bridgehead atoms. The first kappa shape index (κ1) is 14.4. The number of thioether (sulfide) groups is 1. The van der Waals surface area contributed by atoms with Gasteiger partial charge in [-0.25, -0.2) is 4.79 Å². The molecule has 0 saturated heterocycles. The molecule has 0 saturated carbocycles. The van der Waals surface area contributed by atoms with Gasteiger partial charge in [0, 0.05) is 4.90 Å². The van der Waals surface area contributed by atoms with Crippen molar-refractivity contribution in [1.82, 2.24) is 0 Å². The van der Waals surface area contributed by atoms with E-state index in [0.717, 1.165) is 4.90 Å². The summed E-state index contributed by atoms with van der Waals surface area (Å²) >= 11 is 1.18. The number of hydrogen-bond donors (Lipinski definition) is 0. The average molecular weight is 295 g/mol. The van der Waals surface area contributed by atoms with Crippen LogP contribution in [-0.2, 0) is 23.9 Å². The third-order valence-corrected chi connectivity index (χ3v) is 4.28. The Kier molecular flexibility index (Phi) is 4.29. The lowest BCUT2D eigenvalue weighted by molar-refractivity contribution is -0.148. The Hall–Kier alpha value is -2.02. The summed E-state index contributed by atoms with van der Waals surface area (Å²) in [5.74, 6) is -1.23. The van der Waals surface area contributed by atoms with Gasteiger partial charge in [-0.05, 0) is 12.1 Å². The maximum absolute atomic E-state index is 11.9. The lowest BCUT2D eigenvalue weighted by Crippen LogP contribution is -2.53. The fourth-order valence-electron chi connectivity index (χ4n) is 2.04. The van der Waals surface area contributed by atoms with Crippen LogP contribution in [0.2, 0.25) is 0 Å². The van der Waals surface area contributed by atoms with Crippen LogP contribution in [-0.4, -0.2) is 43.9 Å². The van der Waals surface area contributed by atoms with Gasteiger partial charge in [0.25, 0.3) is 0 Å². The topological polar surface area (TPSA) is 72.9 Å². The van der Waals surface area contributed by atoms with Gasteiger partial charge in [-0.2, -0.15) is 0 Å². The number of fused-ring (bicyclic) bond motifs is 1. The lowest BCUT2D eigenvalue weighted by Gasteiger charge is -2.36. The molecule has 6 nitrogen and oxygen atoms in total. The molecule has 2 rings (SSSR count). The molecule has 106 valence electrons. The van der Waals surface area contributed by atoms with Crippen molar-refractivity contribution in [1.29, 1.82) is 0 Å². The van der Waals surface area contributed by atoms with Crippen LogP contribution < -0.4 is 4.90 Å². The minimum Gasteiger partial charge on any atom is -0.468 e. The zero-order valence-corrected chi connectivity index (χ0v) is 11.8. The minimum absolute atomic E-state index is 0.524. The molecule has 0 aromatic heterocycles. The first-order chi connectivity index (χ1) is 9.63. The fraction of sp³-hybridized carbons (Fsp3) is 0.308. The predicted octanol–water partition coefficient (Wildman–Crippen LogP) is 0.838. The second-order valence-corrected chi connectivity index (χ2v) is 5.19. The third kappa shape index (κ3) is 2.36. The molecule has 0 radical (unpaired) electrons. The van der Waals surface area contributed by atoms with E-state index in [1.165, 1.54) is 30.9 Å². The van der Waals surface area contributed by atoms with Crippen molar-refractivity contribution in [2.75, 3.05) is 19.1 Å². The highest BCUT2D eigenvalue weighted by molar-refractivity contribution is 8.01. The van der Waals surface area contributed by atoms with Crippen molar-refractivity contribution < 1.29 is 23.9 Å². The summed E-state index contributed by atoms with van der Waals surface area (Å²) in [5, 5.41) is -0.854. The molecule has 1 aliphatic heterocycles. The van der Waals surface area contributed by atoms with Gasteiger partial charge in [0.2, 0.25) is 6.41 Å². The molecule has 20 heavy (non-hydrogen) atoms. The van der Waals surface area contributed by atoms with Crippen LogP contribution in [0.1, 0.15) is 0 Å². The number of methoxy groups -OCH3 is 2. The summed E-state index contributed by atoms with van der Waals surface area (Å²) < 4.78 is 9.41. The lowest BCUT2D eigenvalue weighted by atomic mass is 10.1. The maximum atomic E-state index is 11.9. The molecule has 0 N–H and O–H groups in total. The Bertz CT molecular complexity index is 547. The predicted molar refractivity (Wildman–Crippen MR) is 72.5 cm³/mol. The number of ether oxygens (including phenoxy) is 2. The highest BCUT2D eigenvalue weighted by Gasteiger charge is 2.45. The van der Waals surface area contributed by atoms with Crippen LogP contribution in [0.3, 0.4) is 0 Å². The zero-order valence-electron chi connectivity index (χ0n) is 10.9. The van der Waals surface area contributed by atoms with Gasteiger partial charge in [-0.15, -0.1) is 11.8 Å². The number of amides is 1. The summed E-state index contributed by atoms with van der Waals surface area (Å²) in [6.45, 7) is 0. The number of carbonyl (C=O) groups is 3. The second kappa shape index (κ2) is 5.96. The highest BCUT2D eigenvalue weighted by atomic mass is 32.2. The first-order valence-electron chi connectivity index (χ1n) is 5.79. The molecule has 1 aromatic rings. The van der Waals surface area contributed by atoms with E-state index in [-0.39, 0.29) is 0 Å². The first-order valence-corrected chi connectivity index (χ1v) is 6.67. The van der Waals surface area contributed by atoms with E-state index in [0.29, 0.717) is 12.1 Å². The Morgan fingerprint density at radius 1 is 1.20 bits per heavy atom. The van der Waals surface area contributed by atoms with E-state index in [9.17, 15) is 14.4 Å². The van der Waals surface area contributed by atoms with Gasteiger partial charge < -0.3 is 9.47 Å². The van der Waals surface area contributed by atoms with Gasteiger partial charge in [-0.1, -0.05) is 12.1 Å². The smallest absolute Gasteiger partial charge is 0.330 e. The molecular formula is C13H13NO5S. The molecule has 0 fully saturated rings. The van der Waals surface area contributed by atoms with Crippen LogP contribution in [0.25, 0.3) is 0 Å². The van der Waals surface area contributed by atoms with E-state index in [2.05, 4.69) is 0 Å². The summed E-state index contributed by atoms with van der Waals surface area (Å²) in [6.07, 6.45) is 0.524. The fourth-order valence-corrected chi connectivity index (χ4v) is 3.33. The number of esters is 2. The number of anilines is 1. The molecule has 1 amide bonds. The van der Waals surface area contributed by atoms with Gasteiger partial charge in [0.15, 0.2) is 6.04 Å². The Balaban J connectivity index is 2.51. The second-order valence-electron chi connectivity index (χ2n) is 4.01. The van der Waals surface area contributed by atoms with E-state index in [1.807, 2.05) is 0 Å². The van der Waals surface area contributed by atoms with E-state index >= 15 is 0 Å². The van der Waals surface area contributed by atoms with Crippen molar-refractivity contribution in [3.63, 3.8) is 0 Å². The SMILES string of the molecule is COC(=O)[C@H]1Sc2ccccc2N(C=O)[C@H]1C(=O)OC. The van der Waals surface area contributed by atoms with Crippen LogP contribution in [0, 0.1) is 0 Å². The van der Waals surface area contributed by atoms with Gasteiger partial charge >= 0.3 is 11.9 Å². The minimum atomic E-state index is -1.04. The summed E-state index contributed by atoms with van der Waals surface area (Å²) in [7, 11) is 2.45. The van der Waals surface area contributed by atoms with Crippen LogP contribution in [0.15, 0.2) is 29.2 Å². The zero-order chi connectivity index (χ0) is 14.7. The van der Waals surface area contributed by atoms with Crippen LogP contribution >= 0.6 is 11.8 Å². The average Bonchev–Trinajstić information content (AvgIpc) is 2.51. The van der Waals surface area contributed by atoms with E-state index in [1.54, 1.807) is 24.3 Å².